The molecule has 0 rings (SSSR count). The third-order valence-corrected chi connectivity index (χ3v) is 2.39. The molecule has 0 aromatic carbocycles. The number of ether oxygens (including phenoxy) is 1. The van der Waals surface area contributed by atoms with Gasteiger partial charge in [0.2, 0.25) is 0 Å². The molecule has 0 aliphatic heterocycles. The van der Waals surface area contributed by atoms with Crippen LogP contribution in [0.4, 0.5) is 0 Å². The molecule has 3 nitrogen and oxygen atoms in total. The molecular weight excluding hydrogens is 202 g/mol. The first-order chi connectivity index (χ1) is 7.52. The van der Waals surface area contributed by atoms with Crippen molar-refractivity contribution < 1.29 is 9.84 Å². The lowest BCUT2D eigenvalue weighted by Crippen LogP contribution is -2.30. The Labute approximate surface area is 101 Å². The minimum atomic E-state index is -0.226. The minimum absolute atomic E-state index is 0.226. The molecule has 0 bridgehead atoms. The standard InChI is InChI=1S/C13H29NO2/c1-11(2)5-7-16-8-6-14-10-13(15)9-12(3)4/h11-15H,5-10H2,1-4H3. The first kappa shape index (κ1) is 15.9. The highest BCUT2D eigenvalue weighted by molar-refractivity contribution is 4.61. The van der Waals surface area contributed by atoms with Crippen molar-refractivity contribution in [2.24, 2.45) is 11.8 Å². The monoisotopic (exact) mass is 231 g/mol. The Morgan fingerprint density at radius 3 is 2.31 bits per heavy atom. The molecule has 0 aromatic heterocycles. The summed E-state index contributed by atoms with van der Waals surface area (Å²) in [6, 6.07) is 0. The number of hydrogen-bond donors (Lipinski definition) is 2. The lowest BCUT2D eigenvalue weighted by Gasteiger charge is -2.14. The lowest BCUT2D eigenvalue weighted by molar-refractivity contribution is 0.115. The molecule has 16 heavy (non-hydrogen) atoms. The summed E-state index contributed by atoms with van der Waals surface area (Å²) in [6.45, 7) is 11.7. The van der Waals surface area contributed by atoms with E-state index < -0.39 is 0 Å². The molecule has 1 atom stereocenters. The second-order valence-corrected chi connectivity index (χ2v) is 5.28. The van der Waals surface area contributed by atoms with Crippen LogP contribution in [0.25, 0.3) is 0 Å². The zero-order chi connectivity index (χ0) is 12.4. The Kier molecular flexibility index (Phi) is 9.99. The molecule has 0 spiro atoms. The Morgan fingerprint density at radius 2 is 1.75 bits per heavy atom. The summed E-state index contributed by atoms with van der Waals surface area (Å²) < 4.78 is 5.46. The molecule has 3 heteroatoms. The van der Waals surface area contributed by atoms with Crippen molar-refractivity contribution in [2.75, 3.05) is 26.3 Å². The van der Waals surface area contributed by atoms with Gasteiger partial charge in [-0.15, -0.1) is 0 Å². The first-order valence-electron chi connectivity index (χ1n) is 6.49. The number of aliphatic hydroxyl groups is 1. The van der Waals surface area contributed by atoms with Crippen molar-refractivity contribution in [1.29, 1.82) is 0 Å². The van der Waals surface area contributed by atoms with E-state index in [4.69, 9.17) is 4.74 Å². The van der Waals surface area contributed by atoms with Crippen LogP contribution >= 0.6 is 0 Å². The molecule has 0 fully saturated rings. The third kappa shape index (κ3) is 12.0. The van der Waals surface area contributed by atoms with Gasteiger partial charge in [-0.3, -0.25) is 0 Å². The fourth-order valence-corrected chi connectivity index (χ4v) is 1.46. The summed E-state index contributed by atoms with van der Waals surface area (Å²) in [6.07, 6.45) is 1.76. The Hall–Kier alpha value is -0.120. The molecule has 0 aliphatic rings. The van der Waals surface area contributed by atoms with Crippen molar-refractivity contribution in [3.05, 3.63) is 0 Å². The Morgan fingerprint density at radius 1 is 1.06 bits per heavy atom. The summed E-state index contributed by atoms with van der Waals surface area (Å²) in [4.78, 5) is 0. The molecule has 0 saturated carbocycles. The zero-order valence-electron chi connectivity index (χ0n) is 11.3. The summed E-state index contributed by atoms with van der Waals surface area (Å²) >= 11 is 0. The van der Waals surface area contributed by atoms with Gasteiger partial charge in [0.15, 0.2) is 0 Å². The maximum Gasteiger partial charge on any atom is 0.0667 e. The van der Waals surface area contributed by atoms with E-state index in [1.165, 1.54) is 0 Å². The molecular formula is C13H29NO2. The first-order valence-corrected chi connectivity index (χ1v) is 6.49. The number of aliphatic hydroxyl groups excluding tert-OH is 1. The van der Waals surface area contributed by atoms with Gasteiger partial charge in [-0.1, -0.05) is 27.7 Å². The van der Waals surface area contributed by atoms with Crippen LogP contribution in [-0.4, -0.2) is 37.5 Å². The average Bonchev–Trinajstić information content (AvgIpc) is 2.14. The van der Waals surface area contributed by atoms with E-state index in [0.717, 1.165) is 32.6 Å². The van der Waals surface area contributed by atoms with Crippen molar-refractivity contribution in [1.82, 2.24) is 5.32 Å². The fourth-order valence-electron chi connectivity index (χ4n) is 1.46. The van der Waals surface area contributed by atoms with Crippen LogP contribution in [0.3, 0.4) is 0 Å². The minimum Gasteiger partial charge on any atom is -0.392 e. The Bertz CT molecular complexity index is 149. The number of rotatable bonds is 10. The van der Waals surface area contributed by atoms with Crippen molar-refractivity contribution in [2.45, 2.75) is 46.6 Å². The molecule has 2 N–H and O–H groups in total. The van der Waals surface area contributed by atoms with Gasteiger partial charge in [-0.2, -0.15) is 0 Å². The summed E-state index contributed by atoms with van der Waals surface area (Å²) in [5, 5.41) is 12.8. The van der Waals surface area contributed by atoms with Gasteiger partial charge in [0, 0.05) is 19.7 Å². The normalized spacial score (nSPS) is 13.7. The predicted octanol–water partition coefficient (Wildman–Crippen LogP) is 2.05. The van der Waals surface area contributed by atoms with Crippen LogP contribution in [0, 0.1) is 11.8 Å². The third-order valence-electron chi connectivity index (χ3n) is 2.39. The summed E-state index contributed by atoms with van der Waals surface area (Å²) in [5.74, 6) is 1.26. The maximum atomic E-state index is 9.59. The van der Waals surface area contributed by atoms with Gasteiger partial charge in [0.25, 0.3) is 0 Å². The van der Waals surface area contributed by atoms with E-state index >= 15 is 0 Å². The number of nitrogens with one attached hydrogen (secondary N) is 1. The highest BCUT2D eigenvalue weighted by atomic mass is 16.5. The van der Waals surface area contributed by atoms with Crippen LogP contribution < -0.4 is 5.32 Å². The zero-order valence-corrected chi connectivity index (χ0v) is 11.3. The van der Waals surface area contributed by atoms with Crippen LogP contribution in [0.1, 0.15) is 40.5 Å². The quantitative estimate of drug-likeness (QED) is 0.565. The van der Waals surface area contributed by atoms with Gasteiger partial charge in [-0.25, -0.2) is 0 Å². The molecule has 0 radical (unpaired) electrons. The second-order valence-electron chi connectivity index (χ2n) is 5.28. The summed E-state index contributed by atoms with van der Waals surface area (Å²) in [5.41, 5.74) is 0. The highest BCUT2D eigenvalue weighted by Gasteiger charge is 2.05. The molecule has 0 aliphatic carbocycles. The molecule has 1 unspecified atom stereocenters. The van der Waals surface area contributed by atoms with Crippen molar-refractivity contribution in [3.63, 3.8) is 0 Å². The van der Waals surface area contributed by atoms with Gasteiger partial charge >= 0.3 is 0 Å². The molecule has 98 valence electrons. The summed E-state index contributed by atoms with van der Waals surface area (Å²) in [7, 11) is 0. The average molecular weight is 231 g/mol. The van der Waals surface area contributed by atoms with E-state index in [2.05, 4.69) is 33.0 Å². The fraction of sp³-hybridized carbons (Fsp3) is 1.00. The van der Waals surface area contributed by atoms with Crippen LogP contribution in [-0.2, 0) is 4.74 Å². The van der Waals surface area contributed by atoms with E-state index in [9.17, 15) is 5.11 Å². The van der Waals surface area contributed by atoms with Crippen LogP contribution in [0.15, 0.2) is 0 Å². The topological polar surface area (TPSA) is 41.5 Å². The van der Waals surface area contributed by atoms with Gasteiger partial charge in [0.1, 0.15) is 0 Å². The van der Waals surface area contributed by atoms with E-state index in [0.29, 0.717) is 18.4 Å². The van der Waals surface area contributed by atoms with E-state index in [-0.39, 0.29) is 6.10 Å². The maximum absolute atomic E-state index is 9.59. The molecule has 0 aromatic rings. The SMILES string of the molecule is CC(C)CCOCCNCC(O)CC(C)C. The van der Waals surface area contributed by atoms with Gasteiger partial charge in [0.05, 0.1) is 12.7 Å². The smallest absolute Gasteiger partial charge is 0.0667 e. The van der Waals surface area contributed by atoms with Gasteiger partial charge < -0.3 is 15.2 Å². The van der Waals surface area contributed by atoms with Gasteiger partial charge in [-0.05, 0) is 24.7 Å². The lowest BCUT2D eigenvalue weighted by atomic mass is 10.1. The molecule has 0 amide bonds. The molecule has 0 saturated heterocycles. The largest absolute Gasteiger partial charge is 0.392 e. The predicted molar refractivity (Wildman–Crippen MR) is 68.6 cm³/mol. The number of hydrogen-bond acceptors (Lipinski definition) is 3. The molecule has 0 heterocycles. The van der Waals surface area contributed by atoms with Crippen molar-refractivity contribution in [3.8, 4) is 0 Å². The van der Waals surface area contributed by atoms with Crippen LogP contribution in [0.2, 0.25) is 0 Å². The highest BCUT2D eigenvalue weighted by Crippen LogP contribution is 2.03. The second kappa shape index (κ2) is 10.1. The van der Waals surface area contributed by atoms with Crippen molar-refractivity contribution >= 4 is 0 Å². The van der Waals surface area contributed by atoms with Crippen LogP contribution in [0.5, 0.6) is 0 Å². The van der Waals surface area contributed by atoms with E-state index in [1.807, 2.05) is 0 Å². The van der Waals surface area contributed by atoms with E-state index in [1.54, 1.807) is 0 Å². The Balaban J connectivity index is 3.14.